The normalized spacial score (nSPS) is 17.4. The molecular weight excluding hydrogens is 380 g/mol. The van der Waals surface area contributed by atoms with Crippen molar-refractivity contribution in [3.8, 4) is 0 Å². The zero-order chi connectivity index (χ0) is 17.8. The van der Waals surface area contributed by atoms with Crippen LogP contribution in [0.4, 0.5) is 10.1 Å². The number of hydrogen-bond donors (Lipinski definition) is 2. The molecule has 3 rings (SSSR count). The predicted molar refractivity (Wildman–Crippen MR) is 105 cm³/mol. The van der Waals surface area contributed by atoms with Crippen molar-refractivity contribution >= 4 is 46.2 Å². The zero-order valence-electron chi connectivity index (χ0n) is 13.6. The highest BCUT2D eigenvalue weighted by atomic mass is 35.5. The van der Waals surface area contributed by atoms with Gasteiger partial charge in [-0.05, 0) is 36.5 Å². The Hall–Kier alpha value is -1.40. The molecule has 2 aromatic carbocycles. The van der Waals surface area contributed by atoms with Crippen molar-refractivity contribution < 1.29 is 9.29 Å². The van der Waals surface area contributed by atoms with Gasteiger partial charge >= 0.3 is 0 Å². The predicted octanol–water partition coefficient (Wildman–Crippen LogP) is 3.58. The first-order chi connectivity index (χ1) is 12.0. The Labute approximate surface area is 162 Å². The van der Waals surface area contributed by atoms with E-state index in [1.807, 2.05) is 18.2 Å². The molecule has 0 bridgehead atoms. The number of rotatable bonds is 3. The molecule has 3 nitrogen and oxygen atoms in total. The molecule has 1 aliphatic rings. The van der Waals surface area contributed by atoms with E-state index in [1.165, 1.54) is 11.0 Å². The minimum Gasteiger partial charge on any atom is -0.332 e. The van der Waals surface area contributed by atoms with Crippen molar-refractivity contribution in [1.82, 2.24) is 4.90 Å². The number of hydrogen-bond acceptors (Lipinski definition) is 1. The molecule has 2 N–H and O–H groups in total. The zero-order valence-corrected chi connectivity index (χ0v) is 15.9. The van der Waals surface area contributed by atoms with Crippen LogP contribution in [0, 0.1) is 5.82 Å². The van der Waals surface area contributed by atoms with E-state index < -0.39 is 5.82 Å². The van der Waals surface area contributed by atoms with Crippen LogP contribution in [0.2, 0.25) is 10.0 Å². The lowest BCUT2D eigenvalue weighted by Gasteiger charge is -2.34. The van der Waals surface area contributed by atoms with E-state index in [2.05, 4.69) is 16.3 Å². The Balaban J connectivity index is 1.61. The second-order valence-electron chi connectivity index (χ2n) is 6.10. The van der Waals surface area contributed by atoms with Gasteiger partial charge < -0.3 is 15.1 Å². The molecule has 1 atom stereocenters. The third-order valence-corrected chi connectivity index (χ3v) is 5.25. The topological polar surface area (TPSA) is 19.7 Å². The monoisotopic (exact) mass is 398 g/mol. The Bertz CT molecular complexity index is 772. The first kappa shape index (κ1) is 18.4. The van der Waals surface area contributed by atoms with Crippen molar-refractivity contribution in [1.29, 1.82) is 0 Å². The summed E-state index contributed by atoms with van der Waals surface area (Å²) in [5, 5.41) is 4.65. The van der Waals surface area contributed by atoms with Crippen LogP contribution in [0.5, 0.6) is 0 Å². The van der Waals surface area contributed by atoms with Crippen LogP contribution in [-0.2, 0) is 6.54 Å². The lowest BCUT2D eigenvalue weighted by molar-refractivity contribution is -0.927. The number of anilines is 1. The fourth-order valence-corrected chi connectivity index (χ4v) is 3.61. The first-order valence-electron chi connectivity index (χ1n) is 8.11. The summed E-state index contributed by atoms with van der Waals surface area (Å²) in [7, 11) is 0. The molecule has 7 heteroatoms. The lowest BCUT2D eigenvalue weighted by atomic mass is 10.2. The molecule has 0 amide bonds. The third kappa shape index (κ3) is 4.82. The van der Waals surface area contributed by atoms with E-state index in [1.54, 1.807) is 12.1 Å². The van der Waals surface area contributed by atoms with E-state index in [0.29, 0.717) is 10.8 Å². The van der Waals surface area contributed by atoms with Gasteiger partial charge in [0.1, 0.15) is 12.4 Å². The molecular formula is C18H19Cl2FN3S+. The van der Waals surface area contributed by atoms with Crippen LogP contribution >= 0.6 is 35.4 Å². The largest absolute Gasteiger partial charge is 0.332 e. The summed E-state index contributed by atoms with van der Waals surface area (Å²) in [5.74, 6) is -0.438. The Morgan fingerprint density at radius 2 is 2.00 bits per heavy atom. The van der Waals surface area contributed by atoms with Crippen LogP contribution in [0.25, 0.3) is 0 Å². The minimum absolute atomic E-state index is 0.0809. The summed E-state index contributed by atoms with van der Waals surface area (Å²) in [5.41, 5.74) is 1.83. The molecule has 1 heterocycles. The summed E-state index contributed by atoms with van der Waals surface area (Å²) in [6.07, 6.45) is 1.05. The lowest BCUT2D eigenvalue weighted by Crippen LogP contribution is -3.13. The quantitative estimate of drug-likeness (QED) is 0.770. The Kier molecular flexibility index (Phi) is 6.12. The van der Waals surface area contributed by atoms with Crippen molar-refractivity contribution in [2.24, 2.45) is 0 Å². The molecule has 2 aromatic rings. The molecule has 0 radical (unpaired) electrons. The smallest absolute Gasteiger partial charge is 0.177 e. The number of halogens is 3. The standard InChI is InChI=1S/C18H18Cl2FN3S/c19-15-5-2-1-4-13(15)11-23-8-3-9-24(12-23)18(25)22-14-6-7-17(21)16(20)10-14/h1-2,4-7,10H,3,8-9,11-12H2,(H,22,25)/p+1. The second kappa shape index (κ2) is 8.32. The molecule has 1 unspecified atom stereocenters. The Morgan fingerprint density at radius 3 is 2.76 bits per heavy atom. The van der Waals surface area contributed by atoms with Gasteiger partial charge in [0.2, 0.25) is 0 Å². The van der Waals surface area contributed by atoms with Crippen LogP contribution in [0.1, 0.15) is 12.0 Å². The van der Waals surface area contributed by atoms with Crippen molar-refractivity contribution in [3.63, 3.8) is 0 Å². The average Bonchev–Trinajstić information content (AvgIpc) is 2.60. The molecule has 0 aliphatic carbocycles. The molecule has 1 fully saturated rings. The van der Waals surface area contributed by atoms with Crippen molar-refractivity contribution in [2.75, 3.05) is 25.1 Å². The number of thiocarbonyl (C=S) groups is 1. The van der Waals surface area contributed by atoms with Crippen LogP contribution in [0.3, 0.4) is 0 Å². The molecule has 1 aliphatic heterocycles. The SMILES string of the molecule is Fc1ccc(NC(=S)N2CCC[NH+](Cc3ccccc3Cl)C2)cc1Cl. The van der Waals surface area contributed by atoms with E-state index in [4.69, 9.17) is 35.4 Å². The van der Waals surface area contributed by atoms with E-state index in [0.717, 1.165) is 43.3 Å². The Morgan fingerprint density at radius 1 is 1.20 bits per heavy atom. The van der Waals surface area contributed by atoms with Crippen LogP contribution in [-0.4, -0.2) is 29.8 Å². The van der Waals surface area contributed by atoms with Gasteiger partial charge in [0.25, 0.3) is 0 Å². The number of quaternary nitrogens is 1. The third-order valence-electron chi connectivity index (χ3n) is 4.23. The number of nitrogens with zero attached hydrogens (tertiary/aromatic N) is 1. The van der Waals surface area contributed by atoms with Crippen molar-refractivity contribution in [2.45, 2.75) is 13.0 Å². The van der Waals surface area contributed by atoms with E-state index in [-0.39, 0.29) is 5.02 Å². The summed E-state index contributed by atoms with van der Waals surface area (Å²) in [4.78, 5) is 3.53. The maximum absolute atomic E-state index is 13.3. The maximum atomic E-state index is 13.3. The van der Waals surface area contributed by atoms with Gasteiger partial charge in [0, 0.05) is 29.2 Å². The highest BCUT2D eigenvalue weighted by Crippen LogP contribution is 2.20. The van der Waals surface area contributed by atoms with Gasteiger partial charge in [-0.15, -0.1) is 0 Å². The molecule has 0 spiro atoms. The second-order valence-corrected chi connectivity index (χ2v) is 7.30. The molecule has 0 aromatic heterocycles. The highest BCUT2D eigenvalue weighted by molar-refractivity contribution is 7.80. The van der Waals surface area contributed by atoms with E-state index in [9.17, 15) is 4.39 Å². The highest BCUT2D eigenvalue weighted by Gasteiger charge is 2.23. The van der Waals surface area contributed by atoms with Crippen LogP contribution < -0.4 is 10.2 Å². The van der Waals surface area contributed by atoms with Crippen molar-refractivity contribution in [3.05, 3.63) is 63.9 Å². The molecule has 0 saturated carbocycles. The first-order valence-corrected chi connectivity index (χ1v) is 9.27. The van der Waals surface area contributed by atoms with Gasteiger partial charge in [-0.1, -0.05) is 41.4 Å². The summed E-state index contributed by atoms with van der Waals surface area (Å²) in [6.45, 7) is 3.63. The minimum atomic E-state index is -0.438. The fourth-order valence-electron chi connectivity index (χ4n) is 2.95. The number of nitrogens with one attached hydrogen (secondary N) is 2. The van der Waals surface area contributed by atoms with Gasteiger partial charge in [-0.25, -0.2) is 4.39 Å². The van der Waals surface area contributed by atoms with Gasteiger partial charge in [0.15, 0.2) is 11.8 Å². The van der Waals surface area contributed by atoms with Crippen LogP contribution in [0.15, 0.2) is 42.5 Å². The fraction of sp³-hybridized carbons (Fsp3) is 0.278. The van der Waals surface area contributed by atoms with Gasteiger partial charge in [-0.3, -0.25) is 0 Å². The molecule has 132 valence electrons. The number of benzene rings is 2. The summed E-state index contributed by atoms with van der Waals surface area (Å²) in [6, 6.07) is 12.4. The molecule has 25 heavy (non-hydrogen) atoms. The summed E-state index contributed by atoms with van der Waals surface area (Å²) >= 11 is 17.6. The summed E-state index contributed by atoms with van der Waals surface area (Å²) < 4.78 is 13.3. The van der Waals surface area contributed by atoms with Gasteiger partial charge in [-0.2, -0.15) is 0 Å². The average molecular weight is 399 g/mol. The van der Waals surface area contributed by atoms with E-state index >= 15 is 0 Å². The van der Waals surface area contributed by atoms with Gasteiger partial charge in [0.05, 0.1) is 11.6 Å². The maximum Gasteiger partial charge on any atom is 0.177 e. The molecule has 1 saturated heterocycles.